The predicted octanol–water partition coefficient (Wildman–Crippen LogP) is 1.89. The first-order chi connectivity index (χ1) is 12.1. The molecule has 0 aliphatic carbocycles. The minimum atomic E-state index is -0.929. The zero-order chi connectivity index (χ0) is 17.4. The van der Waals surface area contributed by atoms with Gasteiger partial charge in [0.25, 0.3) is 11.8 Å². The van der Waals surface area contributed by atoms with E-state index in [1.807, 2.05) is 0 Å². The molecule has 8 heteroatoms. The Balaban J connectivity index is 1.49. The summed E-state index contributed by atoms with van der Waals surface area (Å²) in [5, 5.41) is 4.48. The lowest BCUT2D eigenvalue weighted by Gasteiger charge is -2.11. The van der Waals surface area contributed by atoms with Crippen LogP contribution in [0.5, 0.6) is 0 Å². The van der Waals surface area contributed by atoms with Crippen molar-refractivity contribution >= 4 is 17.8 Å². The van der Waals surface area contributed by atoms with Crippen molar-refractivity contribution in [1.82, 2.24) is 14.8 Å². The van der Waals surface area contributed by atoms with E-state index in [1.165, 1.54) is 18.2 Å². The van der Waals surface area contributed by atoms with E-state index in [0.29, 0.717) is 17.4 Å². The van der Waals surface area contributed by atoms with E-state index in [1.54, 1.807) is 41.3 Å². The molecule has 0 spiro atoms. The molecule has 8 nitrogen and oxygen atoms in total. The molecule has 0 N–H and O–H groups in total. The Morgan fingerprint density at radius 2 is 1.76 bits per heavy atom. The Morgan fingerprint density at radius 3 is 2.40 bits per heavy atom. The van der Waals surface area contributed by atoms with Crippen molar-refractivity contribution in [1.29, 1.82) is 0 Å². The number of hydrogen-bond donors (Lipinski definition) is 0. The number of carbonyl (C=O) groups is 3. The highest BCUT2D eigenvalue weighted by Gasteiger charge is 2.39. The number of rotatable bonds is 4. The molecule has 1 aliphatic heterocycles. The third-order valence-electron chi connectivity index (χ3n) is 3.67. The van der Waals surface area contributed by atoms with Crippen LogP contribution in [-0.2, 0) is 11.4 Å². The van der Waals surface area contributed by atoms with Crippen LogP contribution in [-0.4, -0.2) is 32.6 Å². The van der Waals surface area contributed by atoms with Crippen molar-refractivity contribution in [3.05, 3.63) is 77.5 Å². The normalized spacial score (nSPS) is 13.2. The van der Waals surface area contributed by atoms with Gasteiger partial charge in [-0.05, 0) is 30.3 Å². The molecule has 0 bridgehead atoms. The first-order valence-corrected chi connectivity index (χ1v) is 7.40. The number of hydrogen-bond acceptors (Lipinski definition) is 6. The Hall–Kier alpha value is -3.68. The minimum Gasteiger partial charge on any atom is -0.452 e. The molecule has 4 rings (SSSR count). The predicted molar refractivity (Wildman–Crippen MR) is 82.4 cm³/mol. The summed E-state index contributed by atoms with van der Waals surface area (Å²) in [6.45, 7) is 0.341. The first kappa shape index (κ1) is 14.9. The van der Waals surface area contributed by atoms with Gasteiger partial charge in [-0.15, -0.1) is 0 Å². The summed E-state index contributed by atoms with van der Waals surface area (Å²) < 4.78 is 7.02. The Morgan fingerprint density at radius 1 is 1.04 bits per heavy atom. The van der Waals surface area contributed by atoms with Crippen molar-refractivity contribution in [3.63, 3.8) is 0 Å². The third-order valence-corrected chi connectivity index (χ3v) is 3.67. The lowest BCUT2D eigenvalue weighted by atomic mass is 10.1. The zero-order valence-corrected chi connectivity index (χ0v) is 12.8. The fraction of sp³-hybridized carbons (Fsp3) is 0.0588. The number of imide groups is 1. The monoisotopic (exact) mass is 337 g/mol. The molecule has 2 aromatic heterocycles. The summed E-state index contributed by atoms with van der Waals surface area (Å²) in [7, 11) is 0. The van der Waals surface area contributed by atoms with Crippen molar-refractivity contribution in [3.8, 4) is 0 Å². The van der Waals surface area contributed by atoms with Gasteiger partial charge in [-0.25, -0.2) is 4.79 Å². The van der Waals surface area contributed by atoms with Crippen LogP contribution in [0.2, 0.25) is 0 Å². The molecule has 0 saturated heterocycles. The molecular weight excluding hydrogens is 326 g/mol. The summed E-state index contributed by atoms with van der Waals surface area (Å²) in [5.41, 5.74) is 0.387. The summed E-state index contributed by atoms with van der Waals surface area (Å²) in [6.07, 6.45) is 3.37. The molecular formula is C17H11N3O5. The van der Waals surface area contributed by atoms with Gasteiger partial charge in [-0.3, -0.25) is 14.3 Å². The number of nitrogens with zero attached hydrogens (tertiary/aromatic N) is 3. The maximum absolute atomic E-state index is 12.2. The molecule has 0 saturated carbocycles. The average molecular weight is 337 g/mol. The highest BCUT2D eigenvalue weighted by atomic mass is 16.7. The van der Waals surface area contributed by atoms with Crippen LogP contribution in [0.1, 0.15) is 37.0 Å². The standard InChI is InChI=1S/C17H11N3O5/c21-15-12-4-1-2-5-13(12)16(22)20(15)25-17(23)14-7-6-11(24-14)10-19-9-3-8-18-19/h1-9H,10H2. The highest BCUT2D eigenvalue weighted by molar-refractivity contribution is 6.21. The molecule has 0 radical (unpaired) electrons. The molecule has 3 aromatic rings. The molecule has 124 valence electrons. The molecule has 1 aliphatic rings. The minimum absolute atomic E-state index is 0.112. The van der Waals surface area contributed by atoms with Crippen molar-refractivity contribution in [2.45, 2.75) is 6.54 Å². The van der Waals surface area contributed by atoms with Crippen LogP contribution in [0, 0.1) is 0 Å². The van der Waals surface area contributed by atoms with Gasteiger partial charge >= 0.3 is 5.97 Å². The fourth-order valence-electron chi connectivity index (χ4n) is 2.50. The van der Waals surface area contributed by atoms with Crippen LogP contribution in [0.15, 0.2) is 59.3 Å². The van der Waals surface area contributed by atoms with Crippen LogP contribution in [0.4, 0.5) is 0 Å². The number of fused-ring (bicyclic) bond motifs is 1. The van der Waals surface area contributed by atoms with Gasteiger partial charge in [0.1, 0.15) is 5.76 Å². The first-order valence-electron chi connectivity index (χ1n) is 7.40. The summed E-state index contributed by atoms with van der Waals surface area (Å²) in [6, 6.07) is 11.0. The summed E-state index contributed by atoms with van der Waals surface area (Å²) in [4.78, 5) is 41.5. The zero-order valence-electron chi connectivity index (χ0n) is 12.8. The lowest BCUT2D eigenvalue weighted by molar-refractivity contribution is -0.0603. The second-order valence-corrected chi connectivity index (χ2v) is 5.30. The largest absolute Gasteiger partial charge is 0.452 e. The maximum Gasteiger partial charge on any atom is 0.399 e. The van der Waals surface area contributed by atoms with Gasteiger partial charge in [0.15, 0.2) is 0 Å². The van der Waals surface area contributed by atoms with Crippen molar-refractivity contribution in [2.24, 2.45) is 0 Å². The second-order valence-electron chi connectivity index (χ2n) is 5.30. The Kier molecular flexibility index (Phi) is 3.42. The molecule has 25 heavy (non-hydrogen) atoms. The fourth-order valence-corrected chi connectivity index (χ4v) is 2.50. The van der Waals surface area contributed by atoms with E-state index in [2.05, 4.69) is 5.10 Å². The smallest absolute Gasteiger partial charge is 0.399 e. The Bertz CT molecular complexity index is 939. The molecule has 0 fully saturated rings. The number of hydroxylamine groups is 2. The van der Waals surface area contributed by atoms with Crippen molar-refractivity contribution in [2.75, 3.05) is 0 Å². The third kappa shape index (κ3) is 2.59. The average Bonchev–Trinajstić information content (AvgIpc) is 3.34. The summed E-state index contributed by atoms with van der Waals surface area (Å²) in [5.74, 6) is -1.92. The number of benzene rings is 1. The van der Waals surface area contributed by atoms with Gasteiger partial charge in [0.2, 0.25) is 5.76 Å². The van der Waals surface area contributed by atoms with Crippen LogP contribution < -0.4 is 0 Å². The quantitative estimate of drug-likeness (QED) is 0.675. The second kappa shape index (κ2) is 5.75. The van der Waals surface area contributed by atoms with E-state index >= 15 is 0 Å². The van der Waals surface area contributed by atoms with Crippen LogP contribution in [0.3, 0.4) is 0 Å². The molecule has 0 atom stereocenters. The SMILES string of the molecule is O=C(ON1C(=O)c2ccccc2C1=O)c1ccc(Cn2cccn2)o1. The molecule has 1 aromatic carbocycles. The van der Waals surface area contributed by atoms with Gasteiger partial charge in [-0.2, -0.15) is 5.10 Å². The van der Waals surface area contributed by atoms with Crippen molar-refractivity contribution < 1.29 is 23.6 Å². The van der Waals surface area contributed by atoms with E-state index in [-0.39, 0.29) is 16.9 Å². The molecule has 0 unspecified atom stereocenters. The molecule has 3 heterocycles. The lowest BCUT2D eigenvalue weighted by Crippen LogP contribution is -2.32. The molecule has 2 amide bonds. The van der Waals surface area contributed by atoms with E-state index in [0.717, 1.165) is 0 Å². The Labute approximate surface area is 141 Å². The van der Waals surface area contributed by atoms with E-state index < -0.39 is 17.8 Å². The highest BCUT2D eigenvalue weighted by Crippen LogP contribution is 2.23. The number of furan rings is 1. The van der Waals surface area contributed by atoms with Gasteiger partial charge < -0.3 is 9.25 Å². The van der Waals surface area contributed by atoms with Gasteiger partial charge in [-0.1, -0.05) is 17.2 Å². The summed E-state index contributed by atoms with van der Waals surface area (Å²) >= 11 is 0. The van der Waals surface area contributed by atoms with E-state index in [9.17, 15) is 14.4 Å². The topological polar surface area (TPSA) is 94.6 Å². The van der Waals surface area contributed by atoms with E-state index in [4.69, 9.17) is 9.25 Å². The van der Waals surface area contributed by atoms with Gasteiger partial charge in [0, 0.05) is 12.4 Å². The number of amides is 2. The number of carbonyl (C=O) groups excluding carboxylic acids is 3. The number of aromatic nitrogens is 2. The van der Waals surface area contributed by atoms with Gasteiger partial charge in [0.05, 0.1) is 17.7 Å². The van der Waals surface area contributed by atoms with Crippen LogP contribution in [0.25, 0.3) is 0 Å². The van der Waals surface area contributed by atoms with Crippen LogP contribution >= 0.6 is 0 Å². The maximum atomic E-state index is 12.2.